The van der Waals surface area contributed by atoms with Crippen molar-refractivity contribution >= 4 is 46.2 Å². The number of rotatable bonds is 5. The molecule has 0 aliphatic heterocycles. The molecular formula is C22H16Cl2N4O. The highest BCUT2D eigenvalue weighted by atomic mass is 35.5. The molecule has 0 aliphatic rings. The number of hydrogen-bond acceptors (Lipinski definition) is 3. The van der Waals surface area contributed by atoms with Crippen LogP contribution in [-0.2, 0) is 6.54 Å². The third-order valence-electron chi connectivity index (χ3n) is 4.47. The number of aromatic nitrogens is 2. The fourth-order valence-electron chi connectivity index (χ4n) is 3.06. The first-order valence-corrected chi connectivity index (χ1v) is 9.62. The summed E-state index contributed by atoms with van der Waals surface area (Å²) in [5, 5.41) is 6.36. The van der Waals surface area contributed by atoms with E-state index in [1.165, 1.54) is 6.20 Å². The van der Waals surface area contributed by atoms with Gasteiger partial charge in [0.2, 0.25) is 0 Å². The molecule has 5 nitrogen and oxygen atoms in total. The molecule has 2 heterocycles. The fourth-order valence-corrected chi connectivity index (χ4v) is 3.53. The maximum Gasteiger partial charge on any atom is 0.272 e. The summed E-state index contributed by atoms with van der Waals surface area (Å²) < 4.78 is 2.09. The molecule has 2 aromatic carbocycles. The molecule has 0 fully saturated rings. The van der Waals surface area contributed by atoms with E-state index < -0.39 is 0 Å². The summed E-state index contributed by atoms with van der Waals surface area (Å²) in [6.45, 7) is 0.590. The first kappa shape index (κ1) is 19.2. The highest BCUT2D eigenvalue weighted by Crippen LogP contribution is 2.25. The molecule has 4 rings (SSSR count). The van der Waals surface area contributed by atoms with Crippen molar-refractivity contribution in [1.29, 1.82) is 0 Å². The number of hydrogen-bond donors (Lipinski definition) is 1. The highest BCUT2D eigenvalue weighted by molar-refractivity contribution is 6.35. The molecule has 0 aliphatic carbocycles. The Balaban J connectivity index is 1.59. The zero-order valence-corrected chi connectivity index (χ0v) is 16.7. The molecule has 7 heteroatoms. The molecule has 144 valence electrons. The van der Waals surface area contributed by atoms with E-state index in [2.05, 4.69) is 20.1 Å². The molecule has 29 heavy (non-hydrogen) atoms. The molecule has 0 saturated carbocycles. The minimum absolute atomic E-state index is 0.314. The van der Waals surface area contributed by atoms with Gasteiger partial charge in [0.05, 0.1) is 11.8 Å². The van der Waals surface area contributed by atoms with Crippen molar-refractivity contribution in [2.24, 2.45) is 5.10 Å². The van der Waals surface area contributed by atoms with Crippen molar-refractivity contribution < 1.29 is 4.79 Å². The molecule has 0 bridgehead atoms. The Morgan fingerprint density at radius 2 is 2.00 bits per heavy atom. The van der Waals surface area contributed by atoms with Crippen LogP contribution in [-0.4, -0.2) is 21.7 Å². The number of nitrogens with zero attached hydrogens (tertiary/aromatic N) is 3. The molecule has 1 N–H and O–H groups in total. The zero-order chi connectivity index (χ0) is 20.2. The lowest BCUT2D eigenvalue weighted by Gasteiger charge is -2.08. The van der Waals surface area contributed by atoms with E-state index in [1.54, 1.807) is 30.6 Å². The Morgan fingerprint density at radius 1 is 1.14 bits per heavy atom. The van der Waals surface area contributed by atoms with Gasteiger partial charge in [-0.05, 0) is 35.9 Å². The van der Waals surface area contributed by atoms with Crippen molar-refractivity contribution in [3.05, 3.63) is 99.9 Å². The molecule has 4 aromatic rings. The van der Waals surface area contributed by atoms with Crippen LogP contribution < -0.4 is 5.43 Å². The van der Waals surface area contributed by atoms with Crippen LogP contribution in [0.15, 0.2) is 78.3 Å². The van der Waals surface area contributed by atoms with Gasteiger partial charge in [0, 0.05) is 51.6 Å². The summed E-state index contributed by atoms with van der Waals surface area (Å²) in [4.78, 5) is 16.0. The monoisotopic (exact) mass is 422 g/mol. The molecule has 0 saturated heterocycles. The third kappa shape index (κ3) is 4.31. The second kappa shape index (κ2) is 8.47. The average Bonchev–Trinajstić information content (AvgIpc) is 3.08. The van der Waals surface area contributed by atoms with Gasteiger partial charge < -0.3 is 4.57 Å². The first-order chi connectivity index (χ1) is 14.1. The normalized spacial score (nSPS) is 11.2. The Hall–Kier alpha value is -3.15. The highest BCUT2D eigenvalue weighted by Gasteiger charge is 2.10. The van der Waals surface area contributed by atoms with E-state index in [4.69, 9.17) is 23.2 Å². The van der Waals surface area contributed by atoms with Gasteiger partial charge in [-0.1, -0.05) is 47.5 Å². The SMILES string of the molecule is O=C(NN=Cc1cn(Cc2ccc(Cl)cc2Cl)c2ccccc12)c1cccnc1. The van der Waals surface area contributed by atoms with Crippen LogP contribution in [0.4, 0.5) is 0 Å². The smallest absolute Gasteiger partial charge is 0.272 e. The van der Waals surface area contributed by atoms with Gasteiger partial charge in [-0.2, -0.15) is 5.10 Å². The summed E-state index contributed by atoms with van der Waals surface area (Å²) >= 11 is 12.3. The maximum atomic E-state index is 12.1. The number of nitrogens with one attached hydrogen (secondary N) is 1. The molecule has 2 aromatic heterocycles. The number of benzene rings is 2. The lowest BCUT2D eigenvalue weighted by Crippen LogP contribution is -2.17. The van der Waals surface area contributed by atoms with Crippen molar-refractivity contribution in [2.75, 3.05) is 0 Å². The summed E-state index contributed by atoms with van der Waals surface area (Å²) in [5.74, 6) is -0.314. The standard InChI is InChI=1S/C22H16Cl2N4O/c23-18-8-7-16(20(24)10-18)13-28-14-17(19-5-1-2-6-21(19)28)12-26-27-22(29)15-4-3-9-25-11-15/h1-12,14H,13H2,(H,27,29). The van der Waals surface area contributed by atoms with Crippen LogP contribution in [0.2, 0.25) is 10.0 Å². The summed E-state index contributed by atoms with van der Waals surface area (Å²) in [6, 6.07) is 16.9. The minimum atomic E-state index is -0.314. The van der Waals surface area contributed by atoms with Crippen molar-refractivity contribution in [1.82, 2.24) is 15.0 Å². The maximum absolute atomic E-state index is 12.1. The van der Waals surface area contributed by atoms with Gasteiger partial charge in [-0.3, -0.25) is 9.78 Å². The van der Waals surface area contributed by atoms with E-state index in [1.807, 2.05) is 42.6 Å². The lowest BCUT2D eigenvalue weighted by molar-refractivity contribution is 0.0955. The summed E-state index contributed by atoms with van der Waals surface area (Å²) in [5.41, 5.74) is 5.87. The first-order valence-electron chi connectivity index (χ1n) is 8.87. The fraction of sp³-hybridized carbons (Fsp3) is 0.0455. The number of halogens is 2. The number of carbonyl (C=O) groups excluding carboxylic acids is 1. The molecule has 0 radical (unpaired) electrons. The number of pyridine rings is 1. The molecule has 0 unspecified atom stereocenters. The Bertz CT molecular complexity index is 1200. The Kier molecular flexibility index (Phi) is 5.60. The summed E-state index contributed by atoms with van der Waals surface area (Å²) in [7, 11) is 0. The van der Waals surface area contributed by atoms with Crippen molar-refractivity contribution in [2.45, 2.75) is 6.54 Å². The lowest BCUT2D eigenvalue weighted by atomic mass is 10.2. The van der Waals surface area contributed by atoms with Gasteiger partial charge in [-0.25, -0.2) is 5.43 Å². The Morgan fingerprint density at radius 3 is 2.79 bits per heavy atom. The summed E-state index contributed by atoms with van der Waals surface area (Å²) in [6.07, 6.45) is 6.72. The number of fused-ring (bicyclic) bond motifs is 1. The second-order valence-electron chi connectivity index (χ2n) is 6.41. The van der Waals surface area contributed by atoms with Crippen LogP contribution in [0.1, 0.15) is 21.5 Å². The largest absolute Gasteiger partial charge is 0.342 e. The third-order valence-corrected chi connectivity index (χ3v) is 5.06. The number of carbonyl (C=O) groups is 1. The average molecular weight is 423 g/mol. The minimum Gasteiger partial charge on any atom is -0.342 e. The van der Waals surface area contributed by atoms with E-state index in [0.717, 1.165) is 22.0 Å². The van der Waals surface area contributed by atoms with Crippen LogP contribution >= 0.6 is 23.2 Å². The number of amides is 1. The number of hydrazone groups is 1. The van der Waals surface area contributed by atoms with Crippen LogP contribution in [0.25, 0.3) is 10.9 Å². The molecule has 0 spiro atoms. The van der Waals surface area contributed by atoms with Gasteiger partial charge in [-0.15, -0.1) is 0 Å². The van der Waals surface area contributed by atoms with Crippen molar-refractivity contribution in [3.8, 4) is 0 Å². The van der Waals surface area contributed by atoms with Crippen LogP contribution in [0.5, 0.6) is 0 Å². The quantitative estimate of drug-likeness (QED) is 0.356. The van der Waals surface area contributed by atoms with Gasteiger partial charge in [0.1, 0.15) is 0 Å². The molecule has 1 amide bonds. The van der Waals surface area contributed by atoms with Gasteiger partial charge >= 0.3 is 0 Å². The van der Waals surface area contributed by atoms with Crippen molar-refractivity contribution in [3.63, 3.8) is 0 Å². The van der Waals surface area contributed by atoms with E-state index >= 15 is 0 Å². The second-order valence-corrected chi connectivity index (χ2v) is 7.25. The number of para-hydroxylation sites is 1. The van der Waals surface area contributed by atoms with E-state index in [0.29, 0.717) is 22.2 Å². The topological polar surface area (TPSA) is 59.3 Å². The molecular weight excluding hydrogens is 407 g/mol. The van der Waals surface area contributed by atoms with Crippen LogP contribution in [0, 0.1) is 0 Å². The van der Waals surface area contributed by atoms with E-state index in [9.17, 15) is 4.79 Å². The Labute approximate surface area is 177 Å². The van der Waals surface area contributed by atoms with Gasteiger partial charge in [0.25, 0.3) is 5.91 Å². The predicted molar refractivity (Wildman–Crippen MR) is 117 cm³/mol. The predicted octanol–water partition coefficient (Wildman–Crippen LogP) is 5.16. The molecule has 0 atom stereocenters. The van der Waals surface area contributed by atoms with Crippen LogP contribution in [0.3, 0.4) is 0 Å². The zero-order valence-electron chi connectivity index (χ0n) is 15.2. The van der Waals surface area contributed by atoms with Gasteiger partial charge in [0.15, 0.2) is 0 Å². The van der Waals surface area contributed by atoms with E-state index in [-0.39, 0.29) is 5.91 Å².